The van der Waals surface area contributed by atoms with Gasteiger partial charge in [0.05, 0.1) is 29.6 Å². The largest absolute Gasteiger partial charge is 0.381 e. The molecule has 0 radical (unpaired) electrons. The van der Waals surface area contributed by atoms with Crippen LogP contribution in [-0.4, -0.2) is 48.9 Å². The Morgan fingerprint density at radius 3 is 2.81 bits per heavy atom. The van der Waals surface area contributed by atoms with E-state index in [0.29, 0.717) is 11.3 Å². The van der Waals surface area contributed by atoms with E-state index in [0.717, 1.165) is 63.2 Å². The molecule has 0 amide bonds. The van der Waals surface area contributed by atoms with Crippen molar-refractivity contribution in [2.45, 2.75) is 25.4 Å². The van der Waals surface area contributed by atoms with Crippen LogP contribution in [0.2, 0.25) is 0 Å². The Labute approximate surface area is 152 Å². The molecular weight excluding hydrogens is 334 g/mol. The first-order valence-corrected chi connectivity index (χ1v) is 9.18. The van der Waals surface area contributed by atoms with Gasteiger partial charge in [-0.3, -0.25) is 15.1 Å². The standard InChI is InChI=1S/C19H23N3O4/c23-22(24)19-2-1-18(16-3-7-20-11-17(16)19)21-8-4-15(5-9-21)26-13-14-6-10-25-12-14/h1-3,7,11,14-15H,4-6,8-10,12-13H2. The normalized spacial score (nSPS) is 21.4. The Kier molecular flexibility index (Phi) is 4.99. The molecule has 7 nitrogen and oxygen atoms in total. The Hall–Kier alpha value is -2.25. The SMILES string of the molecule is O=[N+]([O-])c1ccc(N2CCC(OCC3CCOC3)CC2)c2ccncc12. The lowest BCUT2D eigenvalue weighted by molar-refractivity contribution is -0.383. The zero-order valence-corrected chi connectivity index (χ0v) is 14.7. The van der Waals surface area contributed by atoms with Crippen LogP contribution < -0.4 is 4.90 Å². The summed E-state index contributed by atoms with van der Waals surface area (Å²) in [6, 6.07) is 5.31. The number of pyridine rings is 1. The van der Waals surface area contributed by atoms with Crippen LogP contribution in [-0.2, 0) is 9.47 Å². The van der Waals surface area contributed by atoms with Gasteiger partial charge in [0, 0.05) is 55.1 Å². The van der Waals surface area contributed by atoms with Crippen LogP contribution in [0.4, 0.5) is 11.4 Å². The maximum atomic E-state index is 11.3. The smallest absolute Gasteiger partial charge is 0.278 e. The fourth-order valence-electron chi connectivity index (χ4n) is 3.84. The van der Waals surface area contributed by atoms with Gasteiger partial charge in [0.25, 0.3) is 5.69 Å². The second-order valence-electron chi connectivity index (χ2n) is 7.03. The first-order chi connectivity index (χ1) is 12.7. The number of benzene rings is 1. The molecule has 7 heteroatoms. The molecule has 2 saturated heterocycles. The summed E-state index contributed by atoms with van der Waals surface area (Å²) < 4.78 is 11.5. The van der Waals surface area contributed by atoms with Crippen molar-refractivity contribution in [3.8, 4) is 0 Å². The number of anilines is 1. The van der Waals surface area contributed by atoms with E-state index >= 15 is 0 Å². The van der Waals surface area contributed by atoms with Crippen LogP contribution in [0.15, 0.2) is 30.6 Å². The van der Waals surface area contributed by atoms with Gasteiger partial charge in [-0.05, 0) is 31.4 Å². The maximum Gasteiger partial charge on any atom is 0.278 e. The lowest BCUT2D eigenvalue weighted by Gasteiger charge is -2.34. The zero-order chi connectivity index (χ0) is 17.9. The summed E-state index contributed by atoms with van der Waals surface area (Å²) in [5, 5.41) is 12.7. The molecule has 1 aromatic carbocycles. The van der Waals surface area contributed by atoms with E-state index in [2.05, 4.69) is 9.88 Å². The number of hydrogen-bond acceptors (Lipinski definition) is 6. The van der Waals surface area contributed by atoms with Crippen molar-refractivity contribution in [2.24, 2.45) is 5.92 Å². The van der Waals surface area contributed by atoms with Crippen molar-refractivity contribution < 1.29 is 14.4 Å². The van der Waals surface area contributed by atoms with Gasteiger partial charge in [-0.15, -0.1) is 0 Å². The first-order valence-electron chi connectivity index (χ1n) is 9.18. The molecule has 1 unspecified atom stereocenters. The summed E-state index contributed by atoms with van der Waals surface area (Å²) >= 11 is 0. The van der Waals surface area contributed by atoms with Crippen LogP contribution in [0.25, 0.3) is 10.8 Å². The van der Waals surface area contributed by atoms with E-state index in [-0.39, 0.29) is 16.7 Å². The van der Waals surface area contributed by atoms with Crippen molar-refractivity contribution in [3.63, 3.8) is 0 Å². The van der Waals surface area contributed by atoms with Gasteiger partial charge in [0.1, 0.15) is 0 Å². The molecule has 1 atom stereocenters. The number of nitro groups is 1. The van der Waals surface area contributed by atoms with E-state index < -0.39 is 0 Å². The number of ether oxygens (including phenoxy) is 2. The Balaban J connectivity index is 1.44. The fraction of sp³-hybridized carbons (Fsp3) is 0.526. The third-order valence-corrected chi connectivity index (χ3v) is 5.34. The molecule has 0 aliphatic carbocycles. The third kappa shape index (κ3) is 3.50. The minimum atomic E-state index is -0.347. The highest BCUT2D eigenvalue weighted by atomic mass is 16.6. The van der Waals surface area contributed by atoms with Gasteiger partial charge >= 0.3 is 0 Å². The molecule has 2 aromatic rings. The highest BCUT2D eigenvalue weighted by Crippen LogP contribution is 2.34. The number of fused-ring (bicyclic) bond motifs is 1. The Morgan fingerprint density at radius 1 is 1.23 bits per heavy atom. The summed E-state index contributed by atoms with van der Waals surface area (Å²) in [4.78, 5) is 17.3. The molecule has 138 valence electrons. The minimum Gasteiger partial charge on any atom is -0.381 e. The third-order valence-electron chi connectivity index (χ3n) is 5.34. The number of piperidine rings is 1. The van der Waals surface area contributed by atoms with Crippen molar-refractivity contribution >= 4 is 22.1 Å². The second-order valence-corrected chi connectivity index (χ2v) is 7.03. The van der Waals surface area contributed by atoms with Gasteiger partial charge < -0.3 is 14.4 Å². The van der Waals surface area contributed by atoms with Gasteiger partial charge in [0.2, 0.25) is 0 Å². The van der Waals surface area contributed by atoms with Crippen molar-refractivity contribution in [3.05, 3.63) is 40.7 Å². The van der Waals surface area contributed by atoms with Crippen LogP contribution in [0.3, 0.4) is 0 Å². The number of hydrogen-bond donors (Lipinski definition) is 0. The van der Waals surface area contributed by atoms with Crippen LogP contribution in [0.5, 0.6) is 0 Å². The molecule has 0 bridgehead atoms. The number of nitrogens with zero attached hydrogens (tertiary/aromatic N) is 3. The van der Waals surface area contributed by atoms with Crippen LogP contribution in [0.1, 0.15) is 19.3 Å². The molecule has 0 N–H and O–H groups in total. The van der Waals surface area contributed by atoms with E-state index in [1.54, 1.807) is 18.5 Å². The predicted molar refractivity (Wildman–Crippen MR) is 98.5 cm³/mol. The molecule has 2 aliphatic rings. The average molecular weight is 357 g/mol. The predicted octanol–water partition coefficient (Wildman–Crippen LogP) is 3.16. The van der Waals surface area contributed by atoms with Crippen LogP contribution in [0, 0.1) is 16.0 Å². The number of nitro benzene ring substituents is 1. The quantitative estimate of drug-likeness (QED) is 0.604. The van der Waals surface area contributed by atoms with E-state index in [1.807, 2.05) is 12.1 Å². The molecule has 4 rings (SSSR count). The molecule has 26 heavy (non-hydrogen) atoms. The fourth-order valence-corrected chi connectivity index (χ4v) is 3.84. The van der Waals surface area contributed by atoms with E-state index in [4.69, 9.17) is 9.47 Å². The second kappa shape index (κ2) is 7.55. The van der Waals surface area contributed by atoms with Gasteiger partial charge in [-0.25, -0.2) is 0 Å². The summed E-state index contributed by atoms with van der Waals surface area (Å²) in [6.07, 6.45) is 6.60. The summed E-state index contributed by atoms with van der Waals surface area (Å²) in [5.74, 6) is 0.541. The monoisotopic (exact) mass is 357 g/mol. The minimum absolute atomic E-state index is 0.105. The molecule has 2 fully saturated rings. The topological polar surface area (TPSA) is 77.7 Å². The lowest BCUT2D eigenvalue weighted by Crippen LogP contribution is -2.37. The van der Waals surface area contributed by atoms with Gasteiger partial charge in [-0.2, -0.15) is 0 Å². The van der Waals surface area contributed by atoms with Crippen molar-refractivity contribution in [1.82, 2.24) is 4.98 Å². The average Bonchev–Trinajstić information content (AvgIpc) is 3.19. The molecule has 1 aromatic heterocycles. The van der Waals surface area contributed by atoms with Crippen LogP contribution >= 0.6 is 0 Å². The van der Waals surface area contributed by atoms with E-state index in [1.165, 1.54) is 0 Å². The van der Waals surface area contributed by atoms with Gasteiger partial charge in [-0.1, -0.05) is 0 Å². The van der Waals surface area contributed by atoms with E-state index in [9.17, 15) is 10.1 Å². The number of rotatable bonds is 5. The Morgan fingerprint density at radius 2 is 2.08 bits per heavy atom. The molecule has 3 heterocycles. The molecule has 0 spiro atoms. The molecule has 2 aliphatic heterocycles. The number of non-ortho nitro benzene ring substituents is 1. The molecular formula is C19H23N3O4. The van der Waals surface area contributed by atoms with Crippen molar-refractivity contribution in [1.29, 1.82) is 0 Å². The summed E-state index contributed by atoms with van der Waals surface area (Å²) in [7, 11) is 0. The highest BCUT2D eigenvalue weighted by molar-refractivity contribution is 5.99. The summed E-state index contributed by atoms with van der Waals surface area (Å²) in [5.41, 5.74) is 1.14. The molecule has 0 saturated carbocycles. The maximum absolute atomic E-state index is 11.3. The summed E-state index contributed by atoms with van der Waals surface area (Å²) in [6.45, 7) is 4.25. The van der Waals surface area contributed by atoms with Gasteiger partial charge in [0.15, 0.2) is 0 Å². The zero-order valence-electron chi connectivity index (χ0n) is 14.7. The highest BCUT2D eigenvalue weighted by Gasteiger charge is 2.24. The lowest BCUT2D eigenvalue weighted by atomic mass is 10.0. The number of aromatic nitrogens is 1. The first kappa shape index (κ1) is 17.2. The Bertz CT molecular complexity index is 783. The van der Waals surface area contributed by atoms with Crippen molar-refractivity contribution in [2.75, 3.05) is 37.8 Å².